The van der Waals surface area contributed by atoms with E-state index < -0.39 is 0 Å². The van der Waals surface area contributed by atoms with E-state index in [0.717, 1.165) is 17.1 Å². The summed E-state index contributed by atoms with van der Waals surface area (Å²) in [6.45, 7) is 1.67. The van der Waals surface area contributed by atoms with E-state index in [-0.39, 0.29) is 11.7 Å². The highest BCUT2D eigenvalue weighted by Gasteiger charge is 2.24. The number of aromatic nitrogens is 3. The van der Waals surface area contributed by atoms with Gasteiger partial charge in [0, 0.05) is 36.6 Å². The molecule has 0 atom stereocenters. The normalized spacial score (nSPS) is 13.6. The number of hydrogen-bond acceptors (Lipinski definition) is 3. The molecule has 24 heavy (non-hydrogen) atoms. The third-order valence-electron chi connectivity index (χ3n) is 4.20. The minimum Gasteiger partial charge on any atom is -0.329 e. The number of halogens is 1. The number of imidazole rings is 1. The summed E-state index contributed by atoms with van der Waals surface area (Å²) in [5, 5.41) is 0. The molecule has 6 heteroatoms. The van der Waals surface area contributed by atoms with Crippen molar-refractivity contribution in [1.29, 1.82) is 0 Å². The van der Waals surface area contributed by atoms with Crippen LogP contribution in [0.15, 0.2) is 55.0 Å². The molecular formula is C18H15FN4O. The third-order valence-corrected chi connectivity index (χ3v) is 4.20. The second-order valence-corrected chi connectivity index (χ2v) is 5.68. The molecule has 0 aliphatic carbocycles. The van der Waals surface area contributed by atoms with Gasteiger partial charge in [0.1, 0.15) is 11.6 Å². The summed E-state index contributed by atoms with van der Waals surface area (Å²) >= 11 is 0. The van der Waals surface area contributed by atoms with Gasteiger partial charge in [-0.2, -0.15) is 0 Å². The highest BCUT2D eigenvalue weighted by atomic mass is 19.1. The summed E-state index contributed by atoms with van der Waals surface area (Å²) in [4.78, 5) is 22.7. The maximum Gasteiger partial charge on any atom is 0.254 e. The Kier molecular flexibility index (Phi) is 3.57. The van der Waals surface area contributed by atoms with Crippen LogP contribution in [-0.2, 0) is 13.1 Å². The minimum atomic E-state index is -0.270. The summed E-state index contributed by atoms with van der Waals surface area (Å²) in [7, 11) is 0. The second-order valence-electron chi connectivity index (χ2n) is 5.68. The molecule has 0 unspecified atom stereocenters. The third kappa shape index (κ3) is 2.56. The predicted octanol–water partition coefficient (Wildman–Crippen LogP) is 2.74. The van der Waals surface area contributed by atoms with Crippen LogP contribution in [0, 0.1) is 5.82 Å². The molecule has 1 amide bonds. The van der Waals surface area contributed by atoms with E-state index >= 15 is 0 Å². The number of fused-ring (bicyclic) bond motifs is 1. The van der Waals surface area contributed by atoms with E-state index in [1.165, 1.54) is 12.1 Å². The number of hydrogen-bond donors (Lipinski definition) is 0. The molecule has 4 rings (SSSR count). The zero-order valence-electron chi connectivity index (χ0n) is 12.9. The topological polar surface area (TPSA) is 51.0 Å². The number of pyridine rings is 1. The number of rotatable bonds is 2. The lowest BCUT2D eigenvalue weighted by Gasteiger charge is -2.28. The predicted molar refractivity (Wildman–Crippen MR) is 86.6 cm³/mol. The van der Waals surface area contributed by atoms with E-state index in [1.807, 2.05) is 10.6 Å². The smallest absolute Gasteiger partial charge is 0.254 e. The lowest BCUT2D eigenvalue weighted by atomic mass is 10.1. The molecule has 0 fully saturated rings. The molecular weight excluding hydrogens is 307 g/mol. The Hall–Kier alpha value is -3.02. The summed E-state index contributed by atoms with van der Waals surface area (Å²) < 4.78 is 15.5. The zero-order valence-corrected chi connectivity index (χ0v) is 12.9. The average molecular weight is 322 g/mol. The average Bonchev–Trinajstić information content (AvgIpc) is 3.05. The molecule has 0 N–H and O–H groups in total. The van der Waals surface area contributed by atoms with Crippen molar-refractivity contribution in [3.63, 3.8) is 0 Å². The van der Waals surface area contributed by atoms with Crippen LogP contribution in [0.1, 0.15) is 16.2 Å². The maximum absolute atomic E-state index is 13.5. The lowest BCUT2D eigenvalue weighted by molar-refractivity contribution is 0.0708. The van der Waals surface area contributed by atoms with E-state index in [1.54, 1.807) is 41.7 Å². The Balaban J connectivity index is 1.60. The molecule has 3 heterocycles. The molecule has 0 saturated carbocycles. The van der Waals surface area contributed by atoms with Crippen molar-refractivity contribution in [3.8, 4) is 11.3 Å². The van der Waals surface area contributed by atoms with E-state index in [4.69, 9.17) is 0 Å². The fraction of sp³-hybridized carbons (Fsp3) is 0.167. The Morgan fingerprint density at radius 3 is 2.75 bits per heavy atom. The molecule has 0 saturated heterocycles. The van der Waals surface area contributed by atoms with Gasteiger partial charge in [-0.1, -0.05) is 12.1 Å². The van der Waals surface area contributed by atoms with Crippen LogP contribution in [0.2, 0.25) is 0 Å². The van der Waals surface area contributed by atoms with Crippen molar-refractivity contribution < 1.29 is 9.18 Å². The molecule has 5 nitrogen and oxygen atoms in total. The van der Waals surface area contributed by atoms with E-state index in [2.05, 4.69) is 9.97 Å². The van der Waals surface area contributed by atoms with Gasteiger partial charge in [0.15, 0.2) is 0 Å². The van der Waals surface area contributed by atoms with Crippen molar-refractivity contribution in [2.75, 3.05) is 6.54 Å². The van der Waals surface area contributed by atoms with Gasteiger partial charge in [-0.05, 0) is 24.3 Å². The first-order valence-corrected chi connectivity index (χ1v) is 7.72. The van der Waals surface area contributed by atoms with Crippen LogP contribution in [0.4, 0.5) is 4.39 Å². The van der Waals surface area contributed by atoms with Crippen molar-refractivity contribution in [3.05, 3.63) is 72.2 Å². The molecule has 2 aromatic heterocycles. The largest absolute Gasteiger partial charge is 0.329 e. The molecule has 0 radical (unpaired) electrons. The van der Waals surface area contributed by atoms with Crippen molar-refractivity contribution in [2.24, 2.45) is 0 Å². The Bertz CT molecular complexity index is 891. The van der Waals surface area contributed by atoms with Crippen LogP contribution in [-0.4, -0.2) is 31.9 Å². The Morgan fingerprint density at radius 1 is 1.12 bits per heavy atom. The van der Waals surface area contributed by atoms with Gasteiger partial charge in [-0.25, -0.2) is 9.37 Å². The zero-order chi connectivity index (χ0) is 16.5. The van der Waals surface area contributed by atoms with Crippen LogP contribution in [0.3, 0.4) is 0 Å². The highest BCUT2D eigenvalue weighted by Crippen LogP contribution is 2.25. The van der Waals surface area contributed by atoms with Gasteiger partial charge < -0.3 is 9.47 Å². The first kappa shape index (κ1) is 14.6. The highest BCUT2D eigenvalue weighted by molar-refractivity contribution is 5.94. The fourth-order valence-electron chi connectivity index (χ4n) is 2.99. The summed E-state index contributed by atoms with van der Waals surface area (Å²) in [5.41, 5.74) is 2.29. The molecule has 0 bridgehead atoms. The number of benzene rings is 1. The van der Waals surface area contributed by atoms with Crippen LogP contribution >= 0.6 is 0 Å². The Morgan fingerprint density at radius 2 is 1.96 bits per heavy atom. The van der Waals surface area contributed by atoms with Gasteiger partial charge in [0.25, 0.3) is 5.91 Å². The lowest BCUT2D eigenvalue weighted by Crippen LogP contribution is -2.38. The molecule has 0 spiro atoms. The van der Waals surface area contributed by atoms with Crippen molar-refractivity contribution in [1.82, 2.24) is 19.4 Å². The van der Waals surface area contributed by atoms with E-state index in [0.29, 0.717) is 25.2 Å². The quantitative estimate of drug-likeness (QED) is 0.729. The fourth-order valence-corrected chi connectivity index (χ4v) is 2.99. The standard InChI is InChI=1S/C18H15FN4O/c19-15-3-1-2-14(10-15)16-11-21-17-12-22(8-9-23(16)17)18(24)13-4-6-20-7-5-13/h1-7,10-11H,8-9,12H2. The first-order valence-electron chi connectivity index (χ1n) is 7.72. The van der Waals surface area contributed by atoms with Gasteiger partial charge in [0.2, 0.25) is 0 Å². The minimum absolute atomic E-state index is 0.0287. The van der Waals surface area contributed by atoms with Gasteiger partial charge in [-0.3, -0.25) is 9.78 Å². The Labute approximate surface area is 138 Å². The summed E-state index contributed by atoms with van der Waals surface area (Å²) in [5.74, 6) is 0.509. The number of carbonyl (C=O) groups is 1. The first-order chi connectivity index (χ1) is 11.7. The van der Waals surface area contributed by atoms with E-state index in [9.17, 15) is 9.18 Å². The van der Waals surface area contributed by atoms with Crippen molar-refractivity contribution >= 4 is 5.91 Å². The number of carbonyl (C=O) groups excluding carboxylic acids is 1. The number of amides is 1. The van der Waals surface area contributed by atoms with Gasteiger partial charge in [0.05, 0.1) is 18.4 Å². The molecule has 120 valence electrons. The molecule has 3 aromatic rings. The summed E-state index contributed by atoms with van der Waals surface area (Å²) in [6, 6.07) is 9.89. The number of nitrogens with zero attached hydrogens (tertiary/aromatic N) is 4. The second kappa shape index (κ2) is 5.88. The molecule has 1 aromatic carbocycles. The van der Waals surface area contributed by atoms with Crippen LogP contribution in [0.25, 0.3) is 11.3 Å². The monoisotopic (exact) mass is 322 g/mol. The molecule has 1 aliphatic rings. The van der Waals surface area contributed by atoms with Gasteiger partial charge in [-0.15, -0.1) is 0 Å². The maximum atomic E-state index is 13.5. The summed E-state index contributed by atoms with van der Waals surface area (Å²) in [6.07, 6.45) is 4.96. The van der Waals surface area contributed by atoms with Crippen molar-refractivity contribution in [2.45, 2.75) is 13.1 Å². The van der Waals surface area contributed by atoms with Crippen LogP contribution < -0.4 is 0 Å². The van der Waals surface area contributed by atoms with Crippen LogP contribution in [0.5, 0.6) is 0 Å². The SMILES string of the molecule is O=C(c1ccncc1)N1CCn2c(-c3cccc(F)c3)cnc2C1. The molecule has 1 aliphatic heterocycles. The van der Waals surface area contributed by atoms with Gasteiger partial charge >= 0.3 is 0 Å².